The second-order valence-electron chi connectivity index (χ2n) is 8.99. The van der Waals surface area contributed by atoms with Gasteiger partial charge in [0.25, 0.3) is 5.91 Å². The maximum atomic E-state index is 12.8. The molecule has 1 fully saturated rings. The minimum Gasteiger partial charge on any atom is -0.493 e. The highest BCUT2D eigenvalue weighted by atomic mass is 19.4. The molecule has 8 heteroatoms. The Bertz CT molecular complexity index is 1340. The van der Waals surface area contributed by atoms with Crippen molar-refractivity contribution >= 4 is 17.6 Å². The van der Waals surface area contributed by atoms with Gasteiger partial charge in [-0.2, -0.15) is 18.4 Å². The Morgan fingerprint density at radius 2 is 1.61 bits per heavy atom. The molecule has 0 aromatic heterocycles. The lowest BCUT2D eigenvalue weighted by Crippen LogP contribution is -2.35. The van der Waals surface area contributed by atoms with Gasteiger partial charge in [-0.1, -0.05) is 30.3 Å². The van der Waals surface area contributed by atoms with Crippen LogP contribution in [-0.4, -0.2) is 31.0 Å². The van der Waals surface area contributed by atoms with Crippen molar-refractivity contribution in [2.45, 2.75) is 32.0 Å². The Morgan fingerprint density at radius 3 is 2.21 bits per heavy atom. The summed E-state index contributed by atoms with van der Waals surface area (Å²) in [5, 5.41) is 9.57. The Labute approximate surface area is 219 Å². The molecule has 0 aliphatic carbocycles. The topological polar surface area (TPSA) is 62.6 Å². The zero-order valence-corrected chi connectivity index (χ0v) is 20.9. The van der Waals surface area contributed by atoms with E-state index in [4.69, 9.17) is 9.47 Å². The van der Waals surface area contributed by atoms with Crippen LogP contribution in [0.5, 0.6) is 11.5 Å². The van der Waals surface area contributed by atoms with Gasteiger partial charge in [0.15, 0.2) is 11.5 Å². The van der Waals surface area contributed by atoms with Crippen molar-refractivity contribution in [1.82, 2.24) is 4.90 Å². The molecule has 0 unspecified atom stereocenters. The summed E-state index contributed by atoms with van der Waals surface area (Å²) in [6.45, 7) is 1.86. The Hall–Kier alpha value is -4.25. The smallest absolute Gasteiger partial charge is 0.416 e. The van der Waals surface area contributed by atoms with Crippen LogP contribution in [0, 0.1) is 11.3 Å². The van der Waals surface area contributed by atoms with E-state index in [0.29, 0.717) is 28.2 Å². The summed E-state index contributed by atoms with van der Waals surface area (Å²) < 4.78 is 49.9. The van der Waals surface area contributed by atoms with E-state index in [2.05, 4.69) is 0 Å². The number of rotatable bonds is 7. The fourth-order valence-corrected chi connectivity index (χ4v) is 4.26. The lowest BCUT2D eigenvalue weighted by molar-refractivity contribution is -0.137. The predicted molar refractivity (Wildman–Crippen MR) is 138 cm³/mol. The van der Waals surface area contributed by atoms with Gasteiger partial charge in [0, 0.05) is 18.7 Å². The highest BCUT2D eigenvalue weighted by Crippen LogP contribution is 2.32. The predicted octanol–water partition coefficient (Wildman–Crippen LogP) is 6.98. The second kappa shape index (κ2) is 11.9. The third kappa shape index (κ3) is 6.54. The van der Waals surface area contributed by atoms with Crippen LogP contribution in [0.2, 0.25) is 0 Å². The number of hydrogen-bond donors (Lipinski definition) is 0. The summed E-state index contributed by atoms with van der Waals surface area (Å²) in [6.07, 6.45) is 0.388. The molecule has 38 heavy (non-hydrogen) atoms. The monoisotopic (exact) mass is 520 g/mol. The SMILES string of the molecule is COc1cc(/C=C(/C#N)c2ccc(C(F)(F)F)cc2)ccc1OCc1ccc(C(=O)N2CCCCC2)cc1. The average molecular weight is 521 g/mol. The number of carbonyl (C=O) groups excluding carboxylic acids is 1. The Kier molecular flexibility index (Phi) is 8.37. The van der Waals surface area contributed by atoms with Gasteiger partial charge >= 0.3 is 6.18 Å². The lowest BCUT2D eigenvalue weighted by Gasteiger charge is -2.26. The molecule has 5 nitrogen and oxygen atoms in total. The van der Waals surface area contributed by atoms with Gasteiger partial charge < -0.3 is 14.4 Å². The molecule has 1 saturated heterocycles. The minimum absolute atomic E-state index is 0.0514. The maximum absolute atomic E-state index is 12.8. The molecule has 0 saturated carbocycles. The van der Waals surface area contributed by atoms with E-state index in [1.807, 2.05) is 35.2 Å². The molecular weight excluding hydrogens is 493 g/mol. The molecule has 1 aliphatic rings. The maximum Gasteiger partial charge on any atom is 0.416 e. The van der Waals surface area contributed by atoms with Crippen molar-refractivity contribution in [1.29, 1.82) is 5.26 Å². The standard InChI is InChI=1S/C30H27F3N2O3/c1-37-28-18-22(17-25(19-34)23-10-12-26(13-11-23)30(31,32)33)7-14-27(28)38-20-21-5-8-24(9-6-21)29(36)35-15-3-2-4-16-35/h5-14,17-18H,2-4,15-16,20H2,1H3/b25-17-. The van der Waals surface area contributed by atoms with Crippen LogP contribution >= 0.6 is 0 Å². The number of piperidine rings is 1. The van der Waals surface area contributed by atoms with E-state index in [0.717, 1.165) is 43.6 Å². The van der Waals surface area contributed by atoms with Crippen LogP contribution in [0.15, 0.2) is 66.7 Å². The van der Waals surface area contributed by atoms with Crippen LogP contribution < -0.4 is 9.47 Å². The van der Waals surface area contributed by atoms with E-state index < -0.39 is 11.7 Å². The first kappa shape index (κ1) is 26.8. The van der Waals surface area contributed by atoms with Crippen molar-refractivity contribution < 1.29 is 27.4 Å². The molecule has 0 N–H and O–H groups in total. The quantitative estimate of drug-likeness (QED) is 0.249. The van der Waals surface area contributed by atoms with Crippen LogP contribution in [0.4, 0.5) is 13.2 Å². The van der Waals surface area contributed by atoms with Crippen molar-refractivity contribution in [3.8, 4) is 17.6 Å². The van der Waals surface area contributed by atoms with E-state index in [1.54, 1.807) is 24.3 Å². The molecule has 0 radical (unpaired) electrons. The first-order valence-electron chi connectivity index (χ1n) is 12.3. The largest absolute Gasteiger partial charge is 0.493 e. The summed E-state index contributed by atoms with van der Waals surface area (Å²) in [5.74, 6) is 0.988. The lowest BCUT2D eigenvalue weighted by atomic mass is 10.0. The Morgan fingerprint density at radius 1 is 0.947 bits per heavy atom. The zero-order chi connectivity index (χ0) is 27.1. The zero-order valence-electron chi connectivity index (χ0n) is 20.9. The van der Waals surface area contributed by atoms with Crippen molar-refractivity contribution in [3.63, 3.8) is 0 Å². The van der Waals surface area contributed by atoms with Gasteiger partial charge in [-0.25, -0.2) is 0 Å². The summed E-state index contributed by atoms with van der Waals surface area (Å²) in [7, 11) is 1.50. The molecular formula is C30H27F3N2O3. The van der Waals surface area contributed by atoms with E-state index in [-0.39, 0.29) is 18.1 Å². The number of methoxy groups -OCH3 is 1. The van der Waals surface area contributed by atoms with E-state index in [9.17, 15) is 23.2 Å². The van der Waals surface area contributed by atoms with E-state index >= 15 is 0 Å². The Balaban J connectivity index is 1.43. The van der Waals surface area contributed by atoms with Gasteiger partial charge in [0.2, 0.25) is 0 Å². The molecule has 3 aromatic carbocycles. The second-order valence-corrected chi connectivity index (χ2v) is 8.99. The fraction of sp³-hybridized carbons (Fsp3) is 0.267. The van der Waals surface area contributed by atoms with Crippen molar-refractivity contribution in [2.24, 2.45) is 0 Å². The van der Waals surface area contributed by atoms with Crippen molar-refractivity contribution in [2.75, 3.05) is 20.2 Å². The van der Waals surface area contributed by atoms with Gasteiger partial charge in [-0.05, 0) is 78.4 Å². The van der Waals surface area contributed by atoms with Crippen molar-refractivity contribution in [3.05, 3.63) is 94.5 Å². The molecule has 0 atom stereocenters. The minimum atomic E-state index is -4.44. The summed E-state index contributed by atoms with van der Waals surface area (Å²) in [5.41, 5.74) is 2.00. The van der Waals surface area contributed by atoms with Gasteiger partial charge in [0.1, 0.15) is 6.61 Å². The number of carbonyl (C=O) groups is 1. The number of ether oxygens (including phenoxy) is 2. The number of halogens is 3. The summed E-state index contributed by atoms with van der Waals surface area (Å²) in [6, 6.07) is 19.0. The summed E-state index contributed by atoms with van der Waals surface area (Å²) in [4.78, 5) is 14.6. The molecule has 1 heterocycles. The van der Waals surface area contributed by atoms with Crippen LogP contribution in [0.3, 0.4) is 0 Å². The van der Waals surface area contributed by atoms with Crippen LogP contribution in [-0.2, 0) is 12.8 Å². The highest BCUT2D eigenvalue weighted by Gasteiger charge is 2.30. The molecule has 1 aliphatic heterocycles. The third-order valence-electron chi connectivity index (χ3n) is 6.38. The first-order chi connectivity index (χ1) is 18.3. The number of benzene rings is 3. The normalized spacial score (nSPS) is 14.1. The summed E-state index contributed by atoms with van der Waals surface area (Å²) >= 11 is 0. The number of nitrogens with zero attached hydrogens (tertiary/aromatic N) is 2. The molecule has 3 aromatic rings. The molecule has 0 bridgehead atoms. The molecule has 1 amide bonds. The van der Waals surface area contributed by atoms with Gasteiger partial charge in [0.05, 0.1) is 24.3 Å². The fourth-order valence-electron chi connectivity index (χ4n) is 4.26. The molecule has 0 spiro atoms. The van der Waals surface area contributed by atoms with Gasteiger partial charge in [-0.3, -0.25) is 4.79 Å². The number of likely N-dealkylation sites (tertiary alicyclic amines) is 1. The molecule has 4 rings (SSSR count). The number of nitriles is 1. The number of alkyl halides is 3. The van der Waals surface area contributed by atoms with E-state index in [1.165, 1.54) is 25.7 Å². The van der Waals surface area contributed by atoms with Crippen LogP contribution in [0.1, 0.15) is 51.9 Å². The molecule has 196 valence electrons. The number of hydrogen-bond acceptors (Lipinski definition) is 4. The van der Waals surface area contributed by atoms with Crippen LogP contribution in [0.25, 0.3) is 11.6 Å². The number of amides is 1. The van der Waals surface area contributed by atoms with Gasteiger partial charge in [-0.15, -0.1) is 0 Å². The first-order valence-corrected chi connectivity index (χ1v) is 12.3. The number of allylic oxidation sites excluding steroid dienone is 1. The highest BCUT2D eigenvalue weighted by molar-refractivity contribution is 5.94. The average Bonchev–Trinajstić information content (AvgIpc) is 2.95. The third-order valence-corrected chi connectivity index (χ3v) is 6.38.